The highest BCUT2D eigenvalue weighted by Gasteiger charge is 2.27. The summed E-state index contributed by atoms with van der Waals surface area (Å²) < 4.78 is 9.80. The van der Waals surface area contributed by atoms with Crippen molar-refractivity contribution < 1.29 is 23.9 Å². The molecule has 0 radical (unpaired) electrons. The van der Waals surface area contributed by atoms with E-state index in [-0.39, 0.29) is 6.54 Å². The van der Waals surface area contributed by atoms with E-state index in [1.165, 1.54) is 7.11 Å². The number of esters is 1. The van der Waals surface area contributed by atoms with E-state index >= 15 is 0 Å². The van der Waals surface area contributed by atoms with Gasteiger partial charge < -0.3 is 20.1 Å². The van der Waals surface area contributed by atoms with E-state index in [0.29, 0.717) is 12.3 Å². The first-order valence-electron chi connectivity index (χ1n) is 8.05. The van der Waals surface area contributed by atoms with E-state index in [0.717, 1.165) is 25.7 Å². The van der Waals surface area contributed by atoms with Gasteiger partial charge in [0, 0.05) is 0 Å². The molecule has 0 aromatic rings. The number of rotatable bonds is 6. The minimum Gasteiger partial charge on any atom is -0.467 e. The number of alkyl carbamates (subject to hydrolysis) is 1. The number of nitrogens with one attached hydrogen (secondary N) is 2. The lowest BCUT2D eigenvalue weighted by atomic mass is 9.98. The molecule has 1 fully saturated rings. The monoisotopic (exact) mass is 328 g/mol. The fourth-order valence-corrected chi connectivity index (χ4v) is 2.65. The van der Waals surface area contributed by atoms with Crippen LogP contribution in [0.4, 0.5) is 4.79 Å². The lowest BCUT2D eigenvalue weighted by molar-refractivity contribution is -0.145. The smallest absolute Gasteiger partial charge is 0.408 e. The third-order valence-corrected chi connectivity index (χ3v) is 3.66. The van der Waals surface area contributed by atoms with Gasteiger partial charge in [0.1, 0.15) is 18.2 Å². The van der Waals surface area contributed by atoms with Crippen molar-refractivity contribution in [1.29, 1.82) is 0 Å². The Bertz CT molecular complexity index is 425. The van der Waals surface area contributed by atoms with Crippen LogP contribution in [0.1, 0.15) is 52.9 Å². The molecular formula is C16H28N2O5. The van der Waals surface area contributed by atoms with Crippen molar-refractivity contribution in [2.45, 2.75) is 64.5 Å². The van der Waals surface area contributed by atoms with Crippen molar-refractivity contribution in [2.24, 2.45) is 5.92 Å². The van der Waals surface area contributed by atoms with Gasteiger partial charge in [0.25, 0.3) is 0 Å². The van der Waals surface area contributed by atoms with Gasteiger partial charge in [-0.2, -0.15) is 0 Å². The summed E-state index contributed by atoms with van der Waals surface area (Å²) in [5, 5.41) is 5.00. The van der Waals surface area contributed by atoms with Crippen LogP contribution in [0.3, 0.4) is 0 Å². The number of hydrogen-bond acceptors (Lipinski definition) is 5. The fourth-order valence-electron chi connectivity index (χ4n) is 2.65. The molecule has 0 spiro atoms. The van der Waals surface area contributed by atoms with Crippen LogP contribution >= 0.6 is 0 Å². The van der Waals surface area contributed by atoms with Crippen LogP contribution in [0.2, 0.25) is 0 Å². The number of carbonyl (C=O) groups is 3. The first-order valence-corrected chi connectivity index (χ1v) is 8.05. The molecule has 1 atom stereocenters. The standard InChI is InChI=1S/C16H28N2O5/c1-16(2,3)23-15(21)17-10-13(19)18-12(14(20)22-4)9-11-7-5-6-8-11/h11-12H,5-10H2,1-4H3,(H,17,21)(H,18,19). The van der Waals surface area contributed by atoms with Crippen molar-refractivity contribution in [2.75, 3.05) is 13.7 Å². The lowest BCUT2D eigenvalue weighted by Crippen LogP contribution is -2.47. The van der Waals surface area contributed by atoms with Crippen LogP contribution < -0.4 is 10.6 Å². The van der Waals surface area contributed by atoms with E-state index in [4.69, 9.17) is 9.47 Å². The molecule has 0 aromatic carbocycles. The number of hydrogen-bond donors (Lipinski definition) is 2. The minimum absolute atomic E-state index is 0.243. The molecular weight excluding hydrogens is 300 g/mol. The molecule has 0 aliphatic heterocycles. The Kier molecular flexibility index (Phi) is 7.32. The second-order valence-electron chi connectivity index (χ2n) is 6.88. The van der Waals surface area contributed by atoms with Crippen LogP contribution in [0.5, 0.6) is 0 Å². The molecule has 0 bridgehead atoms. The highest BCUT2D eigenvalue weighted by Crippen LogP contribution is 2.28. The average Bonchev–Trinajstić information content (AvgIpc) is 2.94. The van der Waals surface area contributed by atoms with Gasteiger partial charge in [-0.05, 0) is 33.1 Å². The van der Waals surface area contributed by atoms with E-state index in [2.05, 4.69) is 10.6 Å². The normalized spacial score (nSPS) is 16.5. The van der Waals surface area contributed by atoms with Crippen molar-refractivity contribution in [3.8, 4) is 0 Å². The largest absolute Gasteiger partial charge is 0.467 e. The zero-order chi connectivity index (χ0) is 17.5. The summed E-state index contributed by atoms with van der Waals surface area (Å²) in [6.07, 6.45) is 4.36. The predicted octanol–water partition coefficient (Wildman–Crippen LogP) is 1.75. The van der Waals surface area contributed by atoms with Gasteiger partial charge in [0.2, 0.25) is 5.91 Å². The van der Waals surface area contributed by atoms with Gasteiger partial charge in [-0.15, -0.1) is 0 Å². The minimum atomic E-state index is -0.670. The van der Waals surface area contributed by atoms with Crippen LogP contribution in [0, 0.1) is 5.92 Å². The summed E-state index contributed by atoms with van der Waals surface area (Å²) in [7, 11) is 1.30. The summed E-state index contributed by atoms with van der Waals surface area (Å²) >= 11 is 0. The average molecular weight is 328 g/mol. The SMILES string of the molecule is COC(=O)C(CC1CCCC1)NC(=O)CNC(=O)OC(C)(C)C. The van der Waals surface area contributed by atoms with Gasteiger partial charge in [-0.25, -0.2) is 9.59 Å². The van der Waals surface area contributed by atoms with Gasteiger partial charge in [0.05, 0.1) is 7.11 Å². The van der Waals surface area contributed by atoms with Gasteiger partial charge in [0.15, 0.2) is 0 Å². The molecule has 1 saturated carbocycles. The van der Waals surface area contributed by atoms with Gasteiger partial charge in [-0.1, -0.05) is 25.7 Å². The number of carbonyl (C=O) groups excluding carboxylic acids is 3. The molecule has 23 heavy (non-hydrogen) atoms. The fraction of sp³-hybridized carbons (Fsp3) is 0.812. The predicted molar refractivity (Wildman–Crippen MR) is 84.8 cm³/mol. The third kappa shape index (κ3) is 7.85. The molecule has 0 saturated heterocycles. The summed E-state index contributed by atoms with van der Waals surface area (Å²) in [5.74, 6) is -0.468. The summed E-state index contributed by atoms with van der Waals surface area (Å²) in [6.45, 7) is 4.97. The molecule has 0 heterocycles. The zero-order valence-electron chi connectivity index (χ0n) is 14.4. The molecule has 132 valence electrons. The summed E-state index contributed by atoms with van der Waals surface area (Å²) in [6, 6.07) is -0.670. The van der Waals surface area contributed by atoms with Crippen molar-refractivity contribution in [3.63, 3.8) is 0 Å². The number of ether oxygens (including phenoxy) is 2. The van der Waals surface area contributed by atoms with Crippen molar-refractivity contribution in [1.82, 2.24) is 10.6 Å². The van der Waals surface area contributed by atoms with Crippen molar-refractivity contribution >= 4 is 18.0 Å². The third-order valence-electron chi connectivity index (χ3n) is 3.66. The number of methoxy groups -OCH3 is 1. The van der Waals surface area contributed by atoms with Crippen LogP contribution in [-0.4, -0.2) is 43.3 Å². The lowest BCUT2D eigenvalue weighted by Gasteiger charge is -2.21. The topological polar surface area (TPSA) is 93.7 Å². The van der Waals surface area contributed by atoms with E-state index in [9.17, 15) is 14.4 Å². The molecule has 1 aliphatic carbocycles. The van der Waals surface area contributed by atoms with Crippen molar-refractivity contribution in [3.05, 3.63) is 0 Å². The Morgan fingerprint density at radius 1 is 1.17 bits per heavy atom. The van der Waals surface area contributed by atoms with Crippen LogP contribution in [-0.2, 0) is 19.1 Å². The maximum Gasteiger partial charge on any atom is 0.408 e. The molecule has 7 nitrogen and oxygen atoms in total. The van der Waals surface area contributed by atoms with E-state index in [1.807, 2.05) is 0 Å². The molecule has 1 rings (SSSR count). The summed E-state index contributed by atoms with van der Waals surface area (Å²) in [5.41, 5.74) is -0.627. The quantitative estimate of drug-likeness (QED) is 0.725. The van der Waals surface area contributed by atoms with Gasteiger partial charge >= 0.3 is 12.1 Å². The maximum absolute atomic E-state index is 11.9. The first kappa shape index (κ1) is 19.3. The Morgan fingerprint density at radius 2 is 1.78 bits per heavy atom. The second-order valence-corrected chi connectivity index (χ2v) is 6.88. The van der Waals surface area contributed by atoms with E-state index in [1.54, 1.807) is 20.8 Å². The summed E-state index contributed by atoms with van der Waals surface area (Å²) in [4.78, 5) is 35.3. The maximum atomic E-state index is 11.9. The molecule has 1 unspecified atom stereocenters. The van der Waals surface area contributed by atoms with Crippen LogP contribution in [0.25, 0.3) is 0 Å². The molecule has 0 aromatic heterocycles. The molecule has 2 amide bonds. The Morgan fingerprint density at radius 3 is 2.30 bits per heavy atom. The first-order chi connectivity index (χ1) is 10.7. The number of amides is 2. The molecule has 7 heteroatoms. The molecule has 1 aliphatic rings. The van der Waals surface area contributed by atoms with E-state index < -0.39 is 29.6 Å². The Balaban J connectivity index is 2.43. The van der Waals surface area contributed by atoms with Gasteiger partial charge in [-0.3, -0.25) is 4.79 Å². The highest BCUT2D eigenvalue weighted by atomic mass is 16.6. The Hall–Kier alpha value is -1.79. The second kappa shape index (κ2) is 8.74. The Labute approximate surface area is 137 Å². The van der Waals surface area contributed by atoms with Crippen LogP contribution in [0.15, 0.2) is 0 Å². The zero-order valence-corrected chi connectivity index (χ0v) is 14.4. The highest BCUT2D eigenvalue weighted by molar-refractivity contribution is 5.87. The molecule has 2 N–H and O–H groups in total.